The molecule has 0 saturated carbocycles. The summed E-state index contributed by atoms with van der Waals surface area (Å²) in [6, 6.07) is 12.4. The lowest BCUT2D eigenvalue weighted by atomic mass is 9.86. The van der Waals surface area contributed by atoms with Crippen molar-refractivity contribution in [2.45, 2.75) is 36.0 Å². The highest BCUT2D eigenvalue weighted by Crippen LogP contribution is 2.31. The van der Waals surface area contributed by atoms with Gasteiger partial charge in [0, 0.05) is 11.1 Å². The van der Waals surface area contributed by atoms with Gasteiger partial charge in [-0.05, 0) is 35.2 Å². The lowest BCUT2D eigenvalue weighted by molar-refractivity contribution is 0.586. The summed E-state index contributed by atoms with van der Waals surface area (Å²) in [7, 11) is -3.53. The summed E-state index contributed by atoms with van der Waals surface area (Å²) in [4.78, 5) is 0.590. The summed E-state index contributed by atoms with van der Waals surface area (Å²) in [6.45, 7) is 6.30. The molecule has 0 aliphatic carbocycles. The van der Waals surface area contributed by atoms with Gasteiger partial charge >= 0.3 is 0 Å². The zero-order chi connectivity index (χ0) is 15.3. The number of sulfone groups is 1. The zero-order valence-corrected chi connectivity index (χ0v) is 13.1. The van der Waals surface area contributed by atoms with Crippen LogP contribution < -0.4 is 0 Å². The highest BCUT2D eigenvalue weighted by atomic mass is 32.2. The van der Waals surface area contributed by atoms with E-state index in [9.17, 15) is 8.42 Å². The molecule has 21 heavy (non-hydrogen) atoms. The number of rotatable bonds is 0. The van der Waals surface area contributed by atoms with Crippen molar-refractivity contribution >= 4 is 9.84 Å². The first-order valence-electron chi connectivity index (χ1n) is 6.81. The monoisotopic (exact) mass is 296 g/mol. The van der Waals surface area contributed by atoms with E-state index in [4.69, 9.17) is 0 Å². The molecule has 1 heterocycles. The molecule has 3 rings (SSSR count). The van der Waals surface area contributed by atoms with Crippen LogP contribution in [0.4, 0.5) is 0 Å². The quantitative estimate of drug-likeness (QED) is 0.595. The molecule has 0 aromatic heterocycles. The Bertz CT molecular complexity index is 889. The van der Waals surface area contributed by atoms with Crippen LogP contribution in [0.5, 0.6) is 0 Å². The smallest absolute Gasteiger partial charge is 0.209 e. The number of benzene rings is 2. The summed E-state index contributed by atoms with van der Waals surface area (Å²) in [5.41, 5.74) is 2.18. The second-order valence-electron chi connectivity index (χ2n) is 6.21. The Labute approximate surface area is 125 Å². The van der Waals surface area contributed by atoms with Crippen molar-refractivity contribution in [3.63, 3.8) is 0 Å². The molecule has 3 heteroatoms. The predicted octanol–water partition coefficient (Wildman–Crippen LogP) is 3.53. The van der Waals surface area contributed by atoms with E-state index in [1.807, 2.05) is 12.1 Å². The maximum Gasteiger partial charge on any atom is 0.209 e. The summed E-state index contributed by atoms with van der Waals surface area (Å²) in [5.74, 6) is 6.01. The molecule has 1 aliphatic heterocycles. The minimum Gasteiger partial charge on any atom is -0.218 e. The van der Waals surface area contributed by atoms with Gasteiger partial charge in [0.25, 0.3) is 0 Å². The number of fused-ring (bicyclic) bond motifs is 2. The second-order valence-corrected chi connectivity index (χ2v) is 8.10. The summed E-state index contributed by atoms with van der Waals surface area (Å²) in [6.07, 6.45) is 0. The zero-order valence-electron chi connectivity index (χ0n) is 12.3. The molecule has 0 saturated heterocycles. The molecule has 0 spiro atoms. The average molecular weight is 296 g/mol. The standard InChI is InChI=1S/C18H16O2S/c1-18(2,3)15-10-11-17-14(12-15)9-8-13-6-4-5-7-16(13)21(17,19)20/h4-7,10-12H,1-3H3. The van der Waals surface area contributed by atoms with E-state index < -0.39 is 9.84 Å². The van der Waals surface area contributed by atoms with Gasteiger partial charge in [0.15, 0.2) is 0 Å². The van der Waals surface area contributed by atoms with Crippen molar-refractivity contribution < 1.29 is 8.42 Å². The number of hydrogen-bond donors (Lipinski definition) is 0. The van der Waals surface area contributed by atoms with E-state index in [0.29, 0.717) is 20.9 Å². The van der Waals surface area contributed by atoms with E-state index >= 15 is 0 Å². The Balaban J connectivity index is 2.32. The first-order valence-corrected chi connectivity index (χ1v) is 8.29. The SMILES string of the molecule is CC(C)(C)c1ccc2c(c1)C#Cc1ccccc1S2(=O)=O. The molecule has 0 N–H and O–H groups in total. The van der Waals surface area contributed by atoms with Crippen LogP contribution >= 0.6 is 0 Å². The van der Waals surface area contributed by atoms with E-state index in [2.05, 4.69) is 32.6 Å². The molecule has 106 valence electrons. The largest absolute Gasteiger partial charge is 0.218 e. The Morgan fingerprint density at radius 1 is 0.857 bits per heavy atom. The number of hydrogen-bond acceptors (Lipinski definition) is 2. The average Bonchev–Trinajstić information content (AvgIpc) is 2.54. The molecule has 1 aliphatic rings. The summed E-state index contributed by atoms with van der Waals surface area (Å²) < 4.78 is 25.6. The molecule has 2 aromatic rings. The van der Waals surface area contributed by atoms with Crippen molar-refractivity contribution in [1.29, 1.82) is 0 Å². The Morgan fingerprint density at radius 2 is 1.48 bits per heavy atom. The van der Waals surface area contributed by atoms with Crippen molar-refractivity contribution in [1.82, 2.24) is 0 Å². The topological polar surface area (TPSA) is 34.1 Å². The van der Waals surface area contributed by atoms with Crippen molar-refractivity contribution in [3.05, 3.63) is 59.2 Å². The van der Waals surface area contributed by atoms with Crippen LogP contribution in [0.25, 0.3) is 0 Å². The van der Waals surface area contributed by atoms with Crippen LogP contribution in [0.2, 0.25) is 0 Å². The molecule has 0 fully saturated rings. The second kappa shape index (κ2) is 4.47. The lowest BCUT2D eigenvalue weighted by Crippen LogP contribution is -2.12. The third kappa shape index (κ3) is 2.26. The van der Waals surface area contributed by atoms with Gasteiger partial charge in [0.2, 0.25) is 9.84 Å². The summed E-state index contributed by atoms with van der Waals surface area (Å²) in [5, 5.41) is 0. The molecule has 2 aromatic carbocycles. The van der Waals surface area contributed by atoms with Crippen LogP contribution in [-0.4, -0.2) is 8.42 Å². The molecule has 2 nitrogen and oxygen atoms in total. The van der Waals surface area contributed by atoms with E-state index in [0.717, 1.165) is 5.56 Å². The Hall–Kier alpha value is -2.05. The van der Waals surface area contributed by atoms with E-state index in [1.165, 1.54) is 0 Å². The Kier molecular flexibility index (Phi) is 2.96. The third-order valence-corrected chi connectivity index (χ3v) is 5.51. The third-order valence-electron chi connectivity index (χ3n) is 3.64. The molecule has 0 atom stereocenters. The van der Waals surface area contributed by atoms with Gasteiger partial charge in [-0.1, -0.05) is 50.8 Å². The predicted molar refractivity (Wildman–Crippen MR) is 83.0 cm³/mol. The molecule has 0 bridgehead atoms. The fourth-order valence-corrected chi connectivity index (χ4v) is 3.94. The molecule has 0 unspecified atom stereocenters. The maximum atomic E-state index is 12.8. The van der Waals surface area contributed by atoms with Crippen LogP contribution in [0.15, 0.2) is 52.3 Å². The van der Waals surface area contributed by atoms with Crippen LogP contribution in [0, 0.1) is 11.8 Å². The first-order chi connectivity index (χ1) is 9.80. The minimum atomic E-state index is -3.53. The molecular weight excluding hydrogens is 280 g/mol. The van der Waals surface area contributed by atoms with Gasteiger partial charge < -0.3 is 0 Å². The molecule has 0 radical (unpaired) electrons. The minimum absolute atomic E-state index is 0.0420. The summed E-state index contributed by atoms with van der Waals surface area (Å²) >= 11 is 0. The maximum absolute atomic E-state index is 12.8. The van der Waals surface area contributed by atoms with Crippen LogP contribution in [0.3, 0.4) is 0 Å². The van der Waals surface area contributed by atoms with Gasteiger partial charge in [-0.3, -0.25) is 0 Å². The normalized spacial score (nSPS) is 15.2. The van der Waals surface area contributed by atoms with Crippen molar-refractivity contribution in [3.8, 4) is 11.8 Å². The highest BCUT2D eigenvalue weighted by Gasteiger charge is 2.26. The fraction of sp³-hybridized carbons (Fsp3) is 0.222. The van der Waals surface area contributed by atoms with E-state index in [1.54, 1.807) is 30.3 Å². The van der Waals surface area contributed by atoms with Crippen LogP contribution in [0.1, 0.15) is 37.5 Å². The highest BCUT2D eigenvalue weighted by molar-refractivity contribution is 7.91. The molecule has 0 amide bonds. The van der Waals surface area contributed by atoms with Gasteiger partial charge in [0.05, 0.1) is 9.79 Å². The van der Waals surface area contributed by atoms with Crippen molar-refractivity contribution in [2.75, 3.05) is 0 Å². The fourth-order valence-electron chi connectivity index (χ4n) is 2.39. The Morgan fingerprint density at radius 3 is 2.19 bits per heavy atom. The molecular formula is C18H16O2S. The van der Waals surface area contributed by atoms with Gasteiger partial charge in [-0.15, -0.1) is 0 Å². The first kappa shape index (κ1) is 13.9. The van der Waals surface area contributed by atoms with Crippen molar-refractivity contribution in [2.24, 2.45) is 0 Å². The van der Waals surface area contributed by atoms with E-state index in [-0.39, 0.29) is 5.41 Å². The lowest BCUT2D eigenvalue weighted by Gasteiger charge is -2.20. The van der Waals surface area contributed by atoms with Crippen LogP contribution in [-0.2, 0) is 15.3 Å². The van der Waals surface area contributed by atoms with Gasteiger partial charge in [-0.2, -0.15) is 0 Å². The van der Waals surface area contributed by atoms with Gasteiger partial charge in [0.1, 0.15) is 0 Å². The van der Waals surface area contributed by atoms with Gasteiger partial charge in [-0.25, -0.2) is 8.42 Å².